The summed E-state index contributed by atoms with van der Waals surface area (Å²) in [6.45, 7) is 4.72. The second-order valence-corrected chi connectivity index (χ2v) is 7.03. The molecule has 6 heteroatoms. The van der Waals surface area contributed by atoms with Crippen molar-refractivity contribution < 1.29 is 23.8 Å². The molecular formula is C19H26O5S. The first kappa shape index (κ1) is 19.9. The molecule has 0 N–H and O–H groups in total. The van der Waals surface area contributed by atoms with E-state index in [2.05, 4.69) is 0 Å². The fourth-order valence-corrected chi connectivity index (χ4v) is 3.67. The first-order chi connectivity index (χ1) is 12.1. The molecule has 1 aromatic rings. The zero-order chi connectivity index (χ0) is 18.1. The van der Waals surface area contributed by atoms with Crippen LogP contribution in [0.15, 0.2) is 29.2 Å². The van der Waals surface area contributed by atoms with Crippen molar-refractivity contribution in [2.24, 2.45) is 0 Å². The zero-order valence-corrected chi connectivity index (χ0v) is 15.7. The van der Waals surface area contributed by atoms with Gasteiger partial charge in [0, 0.05) is 11.5 Å². The van der Waals surface area contributed by atoms with E-state index in [9.17, 15) is 9.59 Å². The van der Waals surface area contributed by atoms with Crippen molar-refractivity contribution in [2.75, 3.05) is 19.8 Å². The number of thioether (sulfide) groups is 1. The minimum absolute atomic E-state index is 0.113. The average Bonchev–Trinajstić information content (AvgIpc) is 2.61. The normalized spacial score (nSPS) is 18.6. The lowest BCUT2D eigenvalue weighted by Gasteiger charge is -2.23. The van der Waals surface area contributed by atoms with E-state index >= 15 is 0 Å². The predicted octanol–water partition coefficient (Wildman–Crippen LogP) is 3.39. The van der Waals surface area contributed by atoms with E-state index in [1.807, 2.05) is 24.3 Å². The van der Waals surface area contributed by atoms with Crippen LogP contribution in [-0.4, -0.2) is 43.1 Å². The van der Waals surface area contributed by atoms with Gasteiger partial charge in [0.25, 0.3) is 0 Å². The third-order valence-electron chi connectivity index (χ3n) is 3.90. The molecule has 0 saturated carbocycles. The van der Waals surface area contributed by atoms with Gasteiger partial charge < -0.3 is 14.2 Å². The Morgan fingerprint density at radius 3 is 2.80 bits per heavy atom. The van der Waals surface area contributed by atoms with Crippen molar-refractivity contribution in [1.82, 2.24) is 0 Å². The SMILES string of the molecule is CCOC(=O)C(Sc1ccccc1CCOC1CCCCO1)C(C)=O. The first-order valence-corrected chi connectivity index (χ1v) is 9.64. The molecule has 0 radical (unpaired) electrons. The maximum atomic E-state index is 12.0. The van der Waals surface area contributed by atoms with Gasteiger partial charge in [0.2, 0.25) is 0 Å². The molecule has 1 aliphatic rings. The number of esters is 1. The zero-order valence-electron chi connectivity index (χ0n) is 14.9. The van der Waals surface area contributed by atoms with Crippen LogP contribution >= 0.6 is 11.8 Å². The Morgan fingerprint density at radius 1 is 1.32 bits per heavy atom. The number of ketones is 1. The van der Waals surface area contributed by atoms with Crippen molar-refractivity contribution in [3.63, 3.8) is 0 Å². The third-order valence-corrected chi connectivity index (χ3v) is 5.31. The van der Waals surface area contributed by atoms with Gasteiger partial charge in [-0.15, -0.1) is 11.8 Å². The van der Waals surface area contributed by atoms with E-state index in [0.29, 0.717) is 13.0 Å². The minimum atomic E-state index is -0.830. The van der Waals surface area contributed by atoms with Crippen molar-refractivity contribution in [1.29, 1.82) is 0 Å². The van der Waals surface area contributed by atoms with Crippen LogP contribution in [0.5, 0.6) is 0 Å². The molecule has 1 saturated heterocycles. The van der Waals surface area contributed by atoms with Crippen LogP contribution in [0.4, 0.5) is 0 Å². The topological polar surface area (TPSA) is 61.8 Å². The summed E-state index contributed by atoms with van der Waals surface area (Å²) in [5.41, 5.74) is 1.05. The molecule has 25 heavy (non-hydrogen) atoms. The largest absolute Gasteiger partial charge is 0.465 e. The summed E-state index contributed by atoms with van der Waals surface area (Å²) in [7, 11) is 0. The number of hydrogen-bond acceptors (Lipinski definition) is 6. The van der Waals surface area contributed by atoms with E-state index in [0.717, 1.165) is 36.3 Å². The Kier molecular flexibility index (Phi) is 8.44. The summed E-state index contributed by atoms with van der Waals surface area (Å²) < 4.78 is 16.4. The van der Waals surface area contributed by atoms with E-state index in [1.165, 1.54) is 18.7 Å². The molecule has 138 valence electrons. The Morgan fingerprint density at radius 2 is 2.12 bits per heavy atom. The summed E-state index contributed by atoms with van der Waals surface area (Å²) in [5.74, 6) is -0.688. The van der Waals surface area contributed by atoms with Crippen LogP contribution < -0.4 is 0 Å². The molecule has 0 aliphatic carbocycles. The molecule has 1 aliphatic heterocycles. The standard InChI is InChI=1S/C19H26O5S/c1-3-22-19(21)18(14(2)20)25-16-9-5-4-8-15(16)11-13-24-17-10-6-7-12-23-17/h4-5,8-9,17-18H,3,6-7,10-13H2,1-2H3. The van der Waals surface area contributed by atoms with Crippen LogP contribution in [0.2, 0.25) is 0 Å². The van der Waals surface area contributed by atoms with Gasteiger partial charge in [-0.1, -0.05) is 18.2 Å². The van der Waals surface area contributed by atoms with E-state index in [1.54, 1.807) is 6.92 Å². The van der Waals surface area contributed by atoms with Crippen molar-refractivity contribution in [2.45, 2.75) is 56.0 Å². The molecular weight excluding hydrogens is 340 g/mol. The molecule has 2 rings (SSSR count). The fraction of sp³-hybridized carbons (Fsp3) is 0.579. The molecule has 2 unspecified atom stereocenters. The monoisotopic (exact) mass is 366 g/mol. The first-order valence-electron chi connectivity index (χ1n) is 8.76. The number of carbonyl (C=O) groups excluding carboxylic acids is 2. The molecule has 2 atom stereocenters. The number of carbonyl (C=O) groups is 2. The molecule has 0 spiro atoms. The quantitative estimate of drug-likeness (QED) is 0.379. The number of hydrogen-bond donors (Lipinski definition) is 0. The van der Waals surface area contributed by atoms with Crippen molar-refractivity contribution >= 4 is 23.5 Å². The van der Waals surface area contributed by atoms with E-state index in [-0.39, 0.29) is 18.7 Å². The molecule has 1 aromatic carbocycles. The van der Waals surface area contributed by atoms with Crippen LogP contribution in [0.3, 0.4) is 0 Å². The van der Waals surface area contributed by atoms with Gasteiger partial charge in [-0.25, -0.2) is 0 Å². The summed E-state index contributed by atoms with van der Waals surface area (Å²) in [5, 5.41) is -0.830. The van der Waals surface area contributed by atoms with Crippen LogP contribution in [0, 0.1) is 0 Å². The van der Waals surface area contributed by atoms with Crippen LogP contribution in [0.25, 0.3) is 0 Å². The minimum Gasteiger partial charge on any atom is -0.465 e. The number of rotatable bonds is 9. The van der Waals surface area contributed by atoms with Crippen LogP contribution in [0.1, 0.15) is 38.7 Å². The van der Waals surface area contributed by atoms with Gasteiger partial charge in [0.15, 0.2) is 17.3 Å². The number of ether oxygens (including phenoxy) is 3. The number of benzene rings is 1. The lowest BCUT2D eigenvalue weighted by molar-refractivity contribution is -0.161. The molecule has 5 nitrogen and oxygen atoms in total. The predicted molar refractivity (Wildman–Crippen MR) is 96.6 cm³/mol. The van der Waals surface area contributed by atoms with Gasteiger partial charge in [-0.05, 0) is 51.2 Å². The van der Waals surface area contributed by atoms with E-state index in [4.69, 9.17) is 14.2 Å². The summed E-state index contributed by atoms with van der Waals surface area (Å²) >= 11 is 1.25. The average molecular weight is 366 g/mol. The maximum absolute atomic E-state index is 12.0. The molecule has 0 amide bonds. The van der Waals surface area contributed by atoms with Gasteiger partial charge in [-0.3, -0.25) is 9.59 Å². The summed E-state index contributed by atoms with van der Waals surface area (Å²) in [6.07, 6.45) is 3.76. The highest BCUT2D eigenvalue weighted by Gasteiger charge is 2.26. The van der Waals surface area contributed by atoms with Crippen LogP contribution in [-0.2, 0) is 30.2 Å². The Labute approximate surface area is 153 Å². The van der Waals surface area contributed by atoms with Gasteiger partial charge >= 0.3 is 5.97 Å². The maximum Gasteiger partial charge on any atom is 0.327 e. The summed E-state index contributed by atoms with van der Waals surface area (Å²) in [4.78, 5) is 24.8. The fourth-order valence-electron chi connectivity index (χ4n) is 2.61. The number of Topliss-reactive ketones (excluding diaryl/α,β-unsaturated/α-hetero) is 1. The molecule has 1 fully saturated rings. The lowest BCUT2D eigenvalue weighted by atomic mass is 10.1. The third kappa shape index (κ3) is 6.45. The molecule has 1 heterocycles. The van der Waals surface area contributed by atoms with Crippen molar-refractivity contribution in [3.8, 4) is 0 Å². The Balaban J connectivity index is 1.96. The summed E-state index contributed by atoms with van der Waals surface area (Å²) in [6, 6.07) is 7.77. The highest BCUT2D eigenvalue weighted by Crippen LogP contribution is 2.29. The van der Waals surface area contributed by atoms with E-state index < -0.39 is 11.2 Å². The second kappa shape index (κ2) is 10.6. The smallest absolute Gasteiger partial charge is 0.327 e. The van der Waals surface area contributed by atoms with Gasteiger partial charge in [0.05, 0.1) is 13.2 Å². The lowest BCUT2D eigenvalue weighted by Crippen LogP contribution is -2.27. The highest BCUT2D eigenvalue weighted by molar-refractivity contribution is 8.01. The van der Waals surface area contributed by atoms with Crippen molar-refractivity contribution in [3.05, 3.63) is 29.8 Å². The highest BCUT2D eigenvalue weighted by atomic mass is 32.2. The Hall–Kier alpha value is -1.37. The van der Waals surface area contributed by atoms with Gasteiger partial charge in [0.1, 0.15) is 0 Å². The Bertz CT molecular complexity index is 569. The van der Waals surface area contributed by atoms with Gasteiger partial charge in [-0.2, -0.15) is 0 Å². The molecule has 0 bridgehead atoms. The molecule has 0 aromatic heterocycles. The second-order valence-electron chi connectivity index (χ2n) is 5.89.